The lowest BCUT2D eigenvalue weighted by atomic mass is 10.2. The molecule has 0 saturated heterocycles. The second kappa shape index (κ2) is 5.19. The predicted octanol–water partition coefficient (Wildman–Crippen LogP) is 1.62. The van der Waals surface area contributed by atoms with Gasteiger partial charge in [-0.05, 0) is 5.56 Å². The van der Waals surface area contributed by atoms with E-state index in [0.29, 0.717) is 17.4 Å². The number of aliphatic hydroxyl groups is 1. The van der Waals surface area contributed by atoms with Crippen LogP contribution >= 0.6 is 12.6 Å². The third-order valence-electron chi connectivity index (χ3n) is 2.57. The Morgan fingerprint density at radius 2 is 2.06 bits per heavy atom. The summed E-state index contributed by atoms with van der Waals surface area (Å²) in [5.41, 5.74) is 1.58. The van der Waals surface area contributed by atoms with Gasteiger partial charge in [0, 0.05) is 18.7 Å². The summed E-state index contributed by atoms with van der Waals surface area (Å²) < 4.78 is 1.74. The number of imidazole rings is 1. The SMILES string of the molecule is O=[N+]([O-])c1ccc(Cn2c(CO)cnc2S)cc1. The minimum Gasteiger partial charge on any atom is -0.390 e. The number of nitro groups is 1. The van der Waals surface area contributed by atoms with E-state index >= 15 is 0 Å². The van der Waals surface area contributed by atoms with Crippen molar-refractivity contribution in [3.05, 3.63) is 51.8 Å². The summed E-state index contributed by atoms with van der Waals surface area (Å²) in [7, 11) is 0. The van der Waals surface area contributed by atoms with Gasteiger partial charge in [0.15, 0.2) is 5.16 Å². The standard InChI is InChI=1S/C11H11N3O3S/c15-7-10-5-12-11(18)13(10)6-8-1-3-9(4-2-8)14(16)17/h1-5,15H,6-7H2,(H,12,18). The van der Waals surface area contributed by atoms with Crippen LogP contribution in [-0.4, -0.2) is 19.6 Å². The lowest BCUT2D eigenvalue weighted by molar-refractivity contribution is -0.384. The second-order valence-electron chi connectivity index (χ2n) is 3.72. The summed E-state index contributed by atoms with van der Waals surface area (Å²) in [5.74, 6) is 0. The average Bonchev–Trinajstić information content (AvgIpc) is 2.71. The summed E-state index contributed by atoms with van der Waals surface area (Å²) >= 11 is 4.19. The summed E-state index contributed by atoms with van der Waals surface area (Å²) in [5, 5.41) is 20.2. The van der Waals surface area contributed by atoms with Crippen molar-refractivity contribution in [3.8, 4) is 0 Å². The summed E-state index contributed by atoms with van der Waals surface area (Å²) in [6.45, 7) is 0.341. The van der Waals surface area contributed by atoms with Gasteiger partial charge in [-0.2, -0.15) is 0 Å². The number of hydrogen-bond acceptors (Lipinski definition) is 5. The van der Waals surface area contributed by atoms with Gasteiger partial charge in [-0.15, -0.1) is 12.6 Å². The molecule has 0 aliphatic carbocycles. The van der Waals surface area contributed by atoms with E-state index in [0.717, 1.165) is 5.56 Å². The minimum atomic E-state index is -0.440. The van der Waals surface area contributed by atoms with E-state index in [9.17, 15) is 10.1 Å². The number of aliphatic hydroxyl groups excluding tert-OH is 1. The van der Waals surface area contributed by atoms with Crippen LogP contribution in [0.2, 0.25) is 0 Å². The molecule has 0 aliphatic heterocycles. The first-order valence-electron chi connectivity index (χ1n) is 5.19. The van der Waals surface area contributed by atoms with Gasteiger partial charge in [0.1, 0.15) is 0 Å². The molecule has 0 radical (unpaired) electrons. The second-order valence-corrected chi connectivity index (χ2v) is 4.12. The molecule has 1 N–H and O–H groups in total. The molecular weight excluding hydrogens is 254 g/mol. The molecule has 7 heteroatoms. The Balaban J connectivity index is 2.23. The highest BCUT2D eigenvalue weighted by atomic mass is 32.1. The quantitative estimate of drug-likeness (QED) is 0.500. The molecule has 1 aromatic carbocycles. The van der Waals surface area contributed by atoms with Crippen LogP contribution in [0.15, 0.2) is 35.6 Å². The summed E-state index contributed by atoms with van der Waals surface area (Å²) in [4.78, 5) is 14.1. The van der Waals surface area contributed by atoms with Gasteiger partial charge < -0.3 is 9.67 Å². The van der Waals surface area contributed by atoms with Crippen LogP contribution in [0.25, 0.3) is 0 Å². The van der Waals surface area contributed by atoms with Crippen molar-refractivity contribution in [1.82, 2.24) is 9.55 Å². The van der Waals surface area contributed by atoms with Crippen LogP contribution in [0.1, 0.15) is 11.3 Å². The smallest absolute Gasteiger partial charge is 0.269 e. The highest BCUT2D eigenvalue weighted by molar-refractivity contribution is 7.80. The third kappa shape index (κ3) is 2.52. The third-order valence-corrected chi connectivity index (χ3v) is 2.92. The Morgan fingerprint density at radius 3 is 2.61 bits per heavy atom. The monoisotopic (exact) mass is 265 g/mol. The zero-order chi connectivity index (χ0) is 13.1. The Labute approximate surface area is 108 Å². The van der Waals surface area contributed by atoms with E-state index in [1.54, 1.807) is 22.9 Å². The lowest BCUT2D eigenvalue weighted by Crippen LogP contribution is -2.05. The van der Waals surface area contributed by atoms with Gasteiger partial charge in [-0.3, -0.25) is 10.1 Å². The van der Waals surface area contributed by atoms with Crippen molar-refractivity contribution in [3.63, 3.8) is 0 Å². The molecule has 0 spiro atoms. The zero-order valence-electron chi connectivity index (χ0n) is 9.35. The number of non-ortho nitro benzene ring substituents is 1. The predicted molar refractivity (Wildman–Crippen MR) is 67.6 cm³/mol. The molecule has 1 aromatic heterocycles. The summed E-state index contributed by atoms with van der Waals surface area (Å²) in [6.07, 6.45) is 1.55. The number of nitro benzene ring substituents is 1. The molecule has 2 aromatic rings. The molecule has 0 amide bonds. The van der Waals surface area contributed by atoms with Crippen molar-refractivity contribution >= 4 is 18.3 Å². The van der Waals surface area contributed by atoms with Crippen LogP contribution in [0.4, 0.5) is 5.69 Å². The van der Waals surface area contributed by atoms with E-state index < -0.39 is 4.92 Å². The van der Waals surface area contributed by atoms with Crippen LogP contribution in [0.3, 0.4) is 0 Å². The molecule has 0 bridgehead atoms. The van der Waals surface area contributed by atoms with Crippen molar-refractivity contribution in [2.75, 3.05) is 0 Å². The Kier molecular flexibility index (Phi) is 3.63. The average molecular weight is 265 g/mol. The highest BCUT2D eigenvalue weighted by Gasteiger charge is 2.08. The molecule has 18 heavy (non-hydrogen) atoms. The largest absolute Gasteiger partial charge is 0.390 e. The Morgan fingerprint density at radius 1 is 1.39 bits per heavy atom. The normalized spacial score (nSPS) is 10.6. The molecular formula is C11H11N3O3S. The van der Waals surface area contributed by atoms with Crippen LogP contribution in [0.5, 0.6) is 0 Å². The van der Waals surface area contributed by atoms with E-state index in [1.807, 2.05) is 0 Å². The number of nitrogens with zero attached hydrogens (tertiary/aromatic N) is 3. The van der Waals surface area contributed by atoms with Gasteiger partial charge in [-0.1, -0.05) is 12.1 Å². The first-order valence-corrected chi connectivity index (χ1v) is 5.64. The maximum atomic E-state index is 10.5. The van der Waals surface area contributed by atoms with Gasteiger partial charge >= 0.3 is 0 Å². The molecule has 0 unspecified atom stereocenters. The van der Waals surface area contributed by atoms with Crippen LogP contribution in [0, 0.1) is 10.1 Å². The van der Waals surface area contributed by atoms with Crippen molar-refractivity contribution in [2.45, 2.75) is 18.3 Å². The van der Waals surface area contributed by atoms with E-state index in [-0.39, 0.29) is 12.3 Å². The Hall–Kier alpha value is -1.86. The lowest BCUT2D eigenvalue weighted by Gasteiger charge is -2.08. The number of aromatic nitrogens is 2. The fraction of sp³-hybridized carbons (Fsp3) is 0.182. The summed E-state index contributed by atoms with van der Waals surface area (Å²) in [6, 6.07) is 6.24. The zero-order valence-corrected chi connectivity index (χ0v) is 10.2. The van der Waals surface area contributed by atoms with Crippen molar-refractivity contribution < 1.29 is 10.0 Å². The van der Waals surface area contributed by atoms with Gasteiger partial charge in [0.2, 0.25) is 0 Å². The van der Waals surface area contributed by atoms with E-state index in [2.05, 4.69) is 17.6 Å². The maximum absolute atomic E-state index is 10.5. The number of hydrogen-bond donors (Lipinski definition) is 2. The van der Waals surface area contributed by atoms with Crippen molar-refractivity contribution in [2.24, 2.45) is 0 Å². The van der Waals surface area contributed by atoms with Gasteiger partial charge in [0.25, 0.3) is 5.69 Å². The Bertz CT molecular complexity index is 565. The fourth-order valence-corrected chi connectivity index (χ4v) is 1.86. The van der Waals surface area contributed by atoms with Gasteiger partial charge in [0.05, 0.1) is 23.4 Å². The molecule has 0 atom stereocenters. The number of rotatable bonds is 4. The molecule has 0 aliphatic rings. The first-order chi connectivity index (χ1) is 8.61. The van der Waals surface area contributed by atoms with Crippen LogP contribution < -0.4 is 0 Å². The van der Waals surface area contributed by atoms with E-state index in [4.69, 9.17) is 5.11 Å². The van der Waals surface area contributed by atoms with Crippen LogP contribution in [-0.2, 0) is 13.2 Å². The highest BCUT2D eigenvalue weighted by Crippen LogP contribution is 2.16. The molecule has 0 fully saturated rings. The molecule has 2 rings (SSSR count). The van der Waals surface area contributed by atoms with Crippen molar-refractivity contribution in [1.29, 1.82) is 0 Å². The maximum Gasteiger partial charge on any atom is 0.269 e. The first kappa shape index (κ1) is 12.6. The van der Waals surface area contributed by atoms with E-state index in [1.165, 1.54) is 12.1 Å². The minimum absolute atomic E-state index is 0.0536. The topological polar surface area (TPSA) is 81.2 Å². The number of benzene rings is 1. The molecule has 94 valence electrons. The molecule has 6 nitrogen and oxygen atoms in total. The molecule has 1 heterocycles. The van der Waals surface area contributed by atoms with Gasteiger partial charge in [-0.25, -0.2) is 4.98 Å². The number of thiol groups is 1. The fourth-order valence-electron chi connectivity index (χ4n) is 1.60. The molecule has 0 saturated carbocycles.